The van der Waals surface area contributed by atoms with Crippen LogP contribution in [0, 0.1) is 0 Å². The summed E-state index contributed by atoms with van der Waals surface area (Å²) >= 11 is 0. The molecule has 0 saturated carbocycles. The Morgan fingerprint density at radius 1 is 0.939 bits per heavy atom. The fraction of sp³-hybridized carbons (Fsp3) is 0.154. The summed E-state index contributed by atoms with van der Waals surface area (Å²) in [4.78, 5) is 25.8. The molecule has 0 aliphatic heterocycles. The first kappa shape index (κ1) is 22.0. The molecule has 4 rings (SSSR count). The number of aromatic nitrogens is 3. The van der Waals surface area contributed by atoms with Crippen molar-refractivity contribution in [2.24, 2.45) is 0 Å². The summed E-state index contributed by atoms with van der Waals surface area (Å²) in [5.41, 5.74) is 3.78. The van der Waals surface area contributed by atoms with Crippen LogP contribution in [0.3, 0.4) is 0 Å². The molecule has 0 unspecified atom stereocenters. The minimum absolute atomic E-state index is 0.172. The molecule has 7 heteroatoms. The Hall–Kier alpha value is -4.26. The predicted octanol–water partition coefficient (Wildman–Crippen LogP) is 5.75. The molecular weight excluding hydrogens is 414 g/mol. The Balaban J connectivity index is 1.55. The molecule has 2 N–H and O–H groups in total. The van der Waals surface area contributed by atoms with Crippen molar-refractivity contribution < 1.29 is 9.53 Å². The SMILES string of the molecule is CNc1nccc(-c2cccnc2Oc2cccc(NC(=O)c3cccc(C(C)C)c3)c2)n1. The van der Waals surface area contributed by atoms with Crippen LogP contribution in [0.5, 0.6) is 11.6 Å². The summed E-state index contributed by atoms with van der Waals surface area (Å²) in [6.45, 7) is 4.20. The molecule has 0 aliphatic rings. The molecule has 2 heterocycles. The lowest BCUT2D eigenvalue weighted by Crippen LogP contribution is -2.12. The highest BCUT2D eigenvalue weighted by Crippen LogP contribution is 2.31. The average Bonchev–Trinajstić information content (AvgIpc) is 2.84. The lowest BCUT2D eigenvalue weighted by molar-refractivity contribution is 0.102. The van der Waals surface area contributed by atoms with Crippen molar-refractivity contribution in [3.05, 3.63) is 90.3 Å². The zero-order valence-electron chi connectivity index (χ0n) is 18.7. The highest BCUT2D eigenvalue weighted by molar-refractivity contribution is 6.04. The van der Waals surface area contributed by atoms with E-state index in [-0.39, 0.29) is 5.91 Å². The van der Waals surface area contributed by atoms with Crippen LogP contribution >= 0.6 is 0 Å². The molecule has 0 saturated heterocycles. The minimum atomic E-state index is -0.172. The lowest BCUT2D eigenvalue weighted by atomic mass is 10.0. The van der Waals surface area contributed by atoms with E-state index in [0.717, 1.165) is 11.1 Å². The van der Waals surface area contributed by atoms with Crippen molar-refractivity contribution in [1.29, 1.82) is 0 Å². The highest BCUT2D eigenvalue weighted by atomic mass is 16.5. The zero-order valence-corrected chi connectivity index (χ0v) is 18.7. The molecule has 0 aliphatic carbocycles. The van der Waals surface area contributed by atoms with E-state index in [9.17, 15) is 4.79 Å². The van der Waals surface area contributed by atoms with Crippen molar-refractivity contribution in [3.63, 3.8) is 0 Å². The lowest BCUT2D eigenvalue weighted by Gasteiger charge is -2.12. The van der Waals surface area contributed by atoms with Crippen LogP contribution in [0.15, 0.2) is 79.1 Å². The molecule has 0 radical (unpaired) electrons. The molecule has 2 aromatic carbocycles. The molecule has 33 heavy (non-hydrogen) atoms. The van der Waals surface area contributed by atoms with Gasteiger partial charge in [-0.1, -0.05) is 32.0 Å². The number of benzene rings is 2. The Morgan fingerprint density at radius 3 is 2.61 bits per heavy atom. The summed E-state index contributed by atoms with van der Waals surface area (Å²) in [7, 11) is 1.76. The monoisotopic (exact) mass is 439 g/mol. The van der Waals surface area contributed by atoms with Gasteiger partial charge in [0, 0.05) is 36.8 Å². The highest BCUT2D eigenvalue weighted by Gasteiger charge is 2.12. The van der Waals surface area contributed by atoms with E-state index in [2.05, 4.69) is 39.4 Å². The van der Waals surface area contributed by atoms with Gasteiger partial charge >= 0.3 is 0 Å². The number of hydrogen-bond donors (Lipinski definition) is 2. The van der Waals surface area contributed by atoms with Crippen LogP contribution in [0.4, 0.5) is 11.6 Å². The molecule has 0 atom stereocenters. The van der Waals surface area contributed by atoms with Crippen LogP contribution < -0.4 is 15.4 Å². The van der Waals surface area contributed by atoms with Crippen molar-refractivity contribution >= 4 is 17.5 Å². The van der Waals surface area contributed by atoms with Crippen LogP contribution in [0.25, 0.3) is 11.3 Å². The van der Waals surface area contributed by atoms with Gasteiger partial charge in [0.25, 0.3) is 5.91 Å². The van der Waals surface area contributed by atoms with Crippen molar-refractivity contribution in [3.8, 4) is 22.9 Å². The Kier molecular flexibility index (Phi) is 6.59. The first-order chi connectivity index (χ1) is 16.0. The molecule has 4 aromatic rings. The van der Waals surface area contributed by atoms with Crippen LogP contribution in [0.2, 0.25) is 0 Å². The van der Waals surface area contributed by atoms with Crippen LogP contribution in [-0.4, -0.2) is 27.9 Å². The Labute approximate surface area is 192 Å². The van der Waals surface area contributed by atoms with Gasteiger partial charge in [0.1, 0.15) is 5.75 Å². The second-order valence-corrected chi connectivity index (χ2v) is 7.74. The number of carbonyl (C=O) groups excluding carboxylic acids is 1. The number of amides is 1. The minimum Gasteiger partial charge on any atom is -0.438 e. The second-order valence-electron chi connectivity index (χ2n) is 7.74. The van der Waals surface area contributed by atoms with Gasteiger partial charge in [-0.05, 0) is 53.9 Å². The molecule has 2 aromatic heterocycles. The van der Waals surface area contributed by atoms with Gasteiger partial charge in [0.2, 0.25) is 11.8 Å². The van der Waals surface area contributed by atoms with E-state index in [1.54, 1.807) is 31.6 Å². The first-order valence-electron chi connectivity index (χ1n) is 10.7. The van der Waals surface area contributed by atoms with Gasteiger partial charge in [-0.3, -0.25) is 4.79 Å². The molecule has 166 valence electrons. The Morgan fingerprint density at radius 2 is 1.79 bits per heavy atom. The second kappa shape index (κ2) is 9.91. The van der Waals surface area contributed by atoms with Gasteiger partial charge in [-0.15, -0.1) is 0 Å². The quantitative estimate of drug-likeness (QED) is 0.381. The Bertz CT molecular complexity index is 1270. The third kappa shape index (κ3) is 5.33. The largest absolute Gasteiger partial charge is 0.438 e. The number of rotatable bonds is 7. The number of carbonyl (C=O) groups is 1. The summed E-state index contributed by atoms with van der Waals surface area (Å²) in [6, 6.07) is 20.4. The first-order valence-corrected chi connectivity index (χ1v) is 10.7. The van der Waals surface area contributed by atoms with E-state index in [1.807, 2.05) is 54.6 Å². The molecule has 7 nitrogen and oxygen atoms in total. The van der Waals surface area contributed by atoms with Crippen molar-refractivity contribution in [2.75, 3.05) is 17.7 Å². The third-order valence-electron chi connectivity index (χ3n) is 5.05. The number of pyridine rings is 1. The van der Waals surface area contributed by atoms with Gasteiger partial charge in [0.05, 0.1) is 11.3 Å². The normalized spacial score (nSPS) is 10.7. The summed E-state index contributed by atoms with van der Waals surface area (Å²) < 4.78 is 6.07. The zero-order chi connectivity index (χ0) is 23.2. The topological polar surface area (TPSA) is 89.0 Å². The number of hydrogen-bond acceptors (Lipinski definition) is 6. The summed E-state index contributed by atoms with van der Waals surface area (Å²) in [5, 5.41) is 5.87. The number of anilines is 2. The average molecular weight is 440 g/mol. The van der Waals surface area contributed by atoms with E-state index >= 15 is 0 Å². The van der Waals surface area contributed by atoms with Gasteiger partial charge in [0.15, 0.2) is 0 Å². The van der Waals surface area contributed by atoms with Crippen molar-refractivity contribution in [1.82, 2.24) is 15.0 Å². The van der Waals surface area contributed by atoms with Crippen LogP contribution in [0.1, 0.15) is 35.7 Å². The van der Waals surface area contributed by atoms with E-state index < -0.39 is 0 Å². The van der Waals surface area contributed by atoms with E-state index in [0.29, 0.717) is 40.4 Å². The smallest absolute Gasteiger partial charge is 0.255 e. The molecule has 0 fully saturated rings. The maximum atomic E-state index is 12.8. The number of ether oxygens (including phenoxy) is 1. The van der Waals surface area contributed by atoms with Gasteiger partial charge < -0.3 is 15.4 Å². The molecule has 0 bridgehead atoms. The third-order valence-corrected chi connectivity index (χ3v) is 5.05. The summed E-state index contributed by atoms with van der Waals surface area (Å²) in [5.74, 6) is 1.64. The van der Waals surface area contributed by atoms with Gasteiger partial charge in [-0.25, -0.2) is 15.0 Å². The van der Waals surface area contributed by atoms with Crippen LogP contribution in [-0.2, 0) is 0 Å². The predicted molar refractivity (Wildman–Crippen MR) is 130 cm³/mol. The number of nitrogens with zero attached hydrogens (tertiary/aromatic N) is 3. The van der Waals surface area contributed by atoms with Crippen molar-refractivity contribution in [2.45, 2.75) is 19.8 Å². The summed E-state index contributed by atoms with van der Waals surface area (Å²) in [6.07, 6.45) is 3.34. The molecular formula is C26H25N5O2. The molecule has 1 amide bonds. The fourth-order valence-corrected chi connectivity index (χ4v) is 3.29. The van der Waals surface area contributed by atoms with E-state index in [4.69, 9.17) is 4.74 Å². The standard InChI is InChI=1S/C26H25N5O2/c1-17(2)18-7-4-8-19(15-18)24(32)30-20-9-5-10-21(16-20)33-25-22(11-6-13-28-25)23-12-14-29-26(27-3)31-23/h4-17H,1-3H3,(H,30,32)(H,27,29,31). The maximum absolute atomic E-state index is 12.8. The van der Waals surface area contributed by atoms with E-state index in [1.165, 1.54) is 0 Å². The fourth-order valence-electron chi connectivity index (χ4n) is 3.29. The van der Waals surface area contributed by atoms with Gasteiger partial charge in [-0.2, -0.15) is 0 Å². The number of nitrogens with one attached hydrogen (secondary N) is 2. The maximum Gasteiger partial charge on any atom is 0.255 e. The molecule has 0 spiro atoms.